The van der Waals surface area contributed by atoms with Crippen LogP contribution in [-0.2, 0) is 4.79 Å². The summed E-state index contributed by atoms with van der Waals surface area (Å²) in [5, 5.41) is 21.1. The summed E-state index contributed by atoms with van der Waals surface area (Å²) >= 11 is 32.7. The molecule has 0 radical (unpaired) electrons. The number of likely N-dealkylation sites (N-methyl/N-ethyl adjacent to an activating group) is 1. The number of halogens is 5. The number of carbonyl (C=O) groups excluding carboxylic acids is 1. The summed E-state index contributed by atoms with van der Waals surface area (Å²) in [5.74, 6) is -0.678. The van der Waals surface area contributed by atoms with Gasteiger partial charge in [0.05, 0.1) is 43.2 Å². The third kappa shape index (κ3) is 5.72. The predicted molar refractivity (Wildman–Crippen MR) is 195 cm³/mol. The van der Waals surface area contributed by atoms with Gasteiger partial charge in [-0.25, -0.2) is 4.98 Å². The number of phenolic OH excluding ortho intramolecular Hbond substituents is 1. The number of carbonyl (C=O) groups is 1. The van der Waals surface area contributed by atoms with E-state index in [1.165, 1.54) is 10.6 Å². The van der Waals surface area contributed by atoms with E-state index >= 15 is 0 Å². The second-order valence-electron chi connectivity index (χ2n) is 12.4. The Labute approximate surface area is 303 Å². The van der Waals surface area contributed by atoms with Crippen molar-refractivity contribution in [3.63, 3.8) is 0 Å². The number of fused-ring (bicyclic) bond motifs is 1. The third-order valence-electron chi connectivity index (χ3n) is 8.88. The standard InChI is InChI=1S/C34H33Cl5N6O3/c1-8-22(46)44-17(5)13-43(14-18(44)6)31-19-11-21(35)28(23-24(36)26(38)27(39)32(47)25(23)37)41-33(19)45(34(48)20(31)12-40)30-16(4)9-10-42(7)29(30)15(2)3/h8-11,15,17-18,29,47H,1,13-14H2,2-7H3/t17-,18+,29?. The number of nitriles is 1. The van der Waals surface area contributed by atoms with Crippen molar-refractivity contribution in [3.8, 4) is 23.1 Å². The second kappa shape index (κ2) is 13.5. The number of nitrogens with zero attached hydrogens (tertiary/aromatic N) is 6. The van der Waals surface area contributed by atoms with E-state index in [4.69, 9.17) is 63.0 Å². The van der Waals surface area contributed by atoms with E-state index in [0.29, 0.717) is 29.9 Å². The first-order chi connectivity index (χ1) is 22.6. The number of allylic oxidation sites excluding steroid dienone is 2. The molecule has 1 unspecified atom stereocenters. The number of benzene rings is 1. The van der Waals surface area contributed by atoms with Gasteiger partial charge in [0, 0.05) is 43.2 Å². The summed E-state index contributed by atoms with van der Waals surface area (Å²) in [4.78, 5) is 38.1. The van der Waals surface area contributed by atoms with Crippen molar-refractivity contribution >= 4 is 86.3 Å². The van der Waals surface area contributed by atoms with E-state index < -0.39 is 11.3 Å². The van der Waals surface area contributed by atoms with Crippen molar-refractivity contribution in [2.45, 2.75) is 52.7 Å². The molecular formula is C34H33Cl5N6O3. The number of aromatic hydroxyl groups is 1. The van der Waals surface area contributed by atoms with Gasteiger partial charge in [-0.05, 0) is 56.7 Å². The van der Waals surface area contributed by atoms with Crippen LogP contribution in [0.1, 0.15) is 40.2 Å². The highest BCUT2D eigenvalue weighted by atomic mass is 35.5. The number of piperazine rings is 1. The molecule has 0 aliphatic carbocycles. The van der Waals surface area contributed by atoms with Crippen molar-refractivity contribution in [1.29, 1.82) is 5.26 Å². The zero-order valence-electron chi connectivity index (χ0n) is 27.1. The third-order valence-corrected chi connectivity index (χ3v) is 10.9. The van der Waals surface area contributed by atoms with Gasteiger partial charge in [0.2, 0.25) is 5.91 Å². The average molecular weight is 751 g/mol. The Hall–Kier alpha value is -3.39. The zero-order chi connectivity index (χ0) is 35.5. The van der Waals surface area contributed by atoms with E-state index in [9.17, 15) is 20.0 Å². The van der Waals surface area contributed by atoms with Crippen molar-refractivity contribution in [2.75, 3.05) is 25.0 Å². The van der Waals surface area contributed by atoms with E-state index in [-0.39, 0.29) is 77.5 Å². The van der Waals surface area contributed by atoms with Gasteiger partial charge in [0.1, 0.15) is 22.3 Å². The van der Waals surface area contributed by atoms with E-state index in [0.717, 1.165) is 5.57 Å². The molecule has 9 nitrogen and oxygen atoms in total. The summed E-state index contributed by atoms with van der Waals surface area (Å²) in [5.41, 5.74) is 1.33. The van der Waals surface area contributed by atoms with Crippen LogP contribution < -0.4 is 10.5 Å². The number of rotatable bonds is 5. The SMILES string of the molecule is C=CC(=O)N1[C@H](C)CN(c2c(C#N)c(=O)n(C3=C(C)C=CN(C)C3C(C)C)c3nc(-c4c(Cl)c(O)c(Cl)c(Cl)c4Cl)c(Cl)cc23)C[C@@H]1C. The van der Waals surface area contributed by atoms with Gasteiger partial charge in [-0.3, -0.25) is 14.2 Å². The number of pyridine rings is 2. The lowest BCUT2D eigenvalue weighted by Crippen LogP contribution is -2.58. The molecule has 14 heteroatoms. The summed E-state index contributed by atoms with van der Waals surface area (Å²) in [6, 6.07) is 2.95. The molecule has 1 fully saturated rings. The van der Waals surface area contributed by atoms with Gasteiger partial charge in [-0.1, -0.05) is 78.4 Å². The smallest absolute Gasteiger partial charge is 0.276 e. The van der Waals surface area contributed by atoms with E-state index in [1.807, 2.05) is 63.7 Å². The maximum atomic E-state index is 14.8. The van der Waals surface area contributed by atoms with Crippen LogP contribution in [0.4, 0.5) is 5.69 Å². The molecule has 2 aliphatic heterocycles. The Morgan fingerprint density at radius 1 is 1.10 bits per heavy atom. The molecule has 0 bridgehead atoms. The lowest BCUT2D eigenvalue weighted by atomic mass is 9.93. The highest BCUT2D eigenvalue weighted by molar-refractivity contribution is 6.52. The number of hydrogen-bond donors (Lipinski definition) is 1. The molecule has 5 rings (SSSR count). The minimum atomic E-state index is -0.580. The Kier molecular flexibility index (Phi) is 10.1. The molecule has 1 aromatic carbocycles. The summed E-state index contributed by atoms with van der Waals surface area (Å²) in [6.45, 7) is 14.0. The van der Waals surface area contributed by atoms with Crippen molar-refractivity contribution in [1.82, 2.24) is 19.4 Å². The topological polar surface area (TPSA) is 106 Å². The Morgan fingerprint density at radius 2 is 1.73 bits per heavy atom. The zero-order valence-corrected chi connectivity index (χ0v) is 30.9. The van der Waals surface area contributed by atoms with Crippen LogP contribution in [0.15, 0.2) is 41.4 Å². The van der Waals surface area contributed by atoms with Gasteiger partial charge < -0.3 is 19.8 Å². The maximum absolute atomic E-state index is 14.8. The summed E-state index contributed by atoms with van der Waals surface area (Å²) in [7, 11) is 1.92. The van der Waals surface area contributed by atoms with E-state index in [2.05, 4.69) is 12.6 Å². The van der Waals surface area contributed by atoms with Crippen LogP contribution in [0.3, 0.4) is 0 Å². The second-order valence-corrected chi connectivity index (χ2v) is 14.4. The molecular weight excluding hydrogens is 718 g/mol. The fourth-order valence-corrected chi connectivity index (χ4v) is 8.22. The van der Waals surface area contributed by atoms with Crippen LogP contribution in [0.2, 0.25) is 25.1 Å². The van der Waals surface area contributed by atoms with E-state index in [1.54, 1.807) is 11.0 Å². The molecule has 2 aliphatic rings. The molecule has 0 spiro atoms. The summed E-state index contributed by atoms with van der Waals surface area (Å²) < 4.78 is 1.46. The molecule has 252 valence electrons. The van der Waals surface area contributed by atoms with Crippen LogP contribution in [0, 0.1) is 17.2 Å². The van der Waals surface area contributed by atoms with Gasteiger partial charge in [-0.15, -0.1) is 0 Å². The molecule has 4 heterocycles. The van der Waals surface area contributed by atoms with Crippen LogP contribution >= 0.6 is 58.0 Å². The average Bonchev–Trinajstić information content (AvgIpc) is 3.03. The highest BCUT2D eigenvalue weighted by Crippen LogP contribution is 2.51. The minimum Gasteiger partial charge on any atom is -0.505 e. The molecule has 0 saturated carbocycles. The molecule has 1 saturated heterocycles. The van der Waals surface area contributed by atoms with Crippen molar-refractivity contribution < 1.29 is 9.90 Å². The number of phenols is 1. The quantitative estimate of drug-likeness (QED) is 0.159. The van der Waals surface area contributed by atoms with Gasteiger partial charge >= 0.3 is 0 Å². The van der Waals surface area contributed by atoms with Gasteiger partial charge in [0.15, 0.2) is 5.75 Å². The Morgan fingerprint density at radius 3 is 2.29 bits per heavy atom. The molecule has 48 heavy (non-hydrogen) atoms. The normalized spacial score (nSPS) is 19.8. The number of aromatic nitrogens is 2. The maximum Gasteiger partial charge on any atom is 0.276 e. The lowest BCUT2D eigenvalue weighted by molar-refractivity contribution is -0.130. The minimum absolute atomic E-state index is 0.0209. The largest absolute Gasteiger partial charge is 0.505 e. The van der Waals surface area contributed by atoms with Crippen LogP contribution in [-0.4, -0.2) is 68.6 Å². The van der Waals surface area contributed by atoms with Gasteiger partial charge in [0.25, 0.3) is 5.56 Å². The van der Waals surface area contributed by atoms with Crippen LogP contribution in [0.5, 0.6) is 5.75 Å². The summed E-state index contributed by atoms with van der Waals surface area (Å²) in [6.07, 6.45) is 5.11. The monoisotopic (exact) mass is 748 g/mol. The van der Waals surface area contributed by atoms with Crippen molar-refractivity contribution in [2.24, 2.45) is 5.92 Å². The fourth-order valence-electron chi connectivity index (χ4n) is 6.90. The molecule has 1 N–H and O–H groups in total. The first kappa shape index (κ1) is 35.9. The number of anilines is 1. The van der Waals surface area contributed by atoms with Crippen molar-refractivity contribution in [3.05, 3.63) is 77.6 Å². The number of amides is 1. The lowest BCUT2D eigenvalue weighted by Gasteiger charge is -2.45. The molecule has 3 aromatic rings. The Balaban J connectivity index is 1.94. The molecule has 3 atom stereocenters. The highest BCUT2D eigenvalue weighted by Gasteiger charge is 2.37. The first-order valence-corrected chi connectivity index (χ1v) is 17.0. The predicted octanol–water partition coefficient (Wildman–Crippen LogP) is 8.23. The first-order valence-electron chi connectivity index (χ1n) is 15.1. The molecule has 2 aromatic heterocycles. The van der Waals surface area contributed by atoms with Gasteiger partial charge in [-0.2, -0.15) is 5.26 Å². The molecule has 1 amide bonds. The van der Waals surface area contributed by atoms with Crippen LogP contribution in [0.25, 0.3) is 28.0 Å². The Bertz CT molecular complexity index is 2010. The number of hydrogen-bond acceptors (Lipinski definition) is 7. The fraction of sp³-hybridized carbons (Fsp3) is 0.353.